The molecule has 1 aromatic heterocycles. The van der Waals surface area contributed by atoms with E-state index in [9.17, 15) is 9.18 Å². The maximum atomic E-state index is 14.0. The van der Waals surface area contributed by atoms with Gasteiger partial charge >= 0.3 is 0 Å². The molecule has 1 aliphatic rings. The predicted octanol–water partition coefficient (Wildman–Crippen LogP) is 3.49. The quantitative estimate of drug-likeness (QED) is 0.902. The average molecular weight is 345 g/mol. The number of piperidine rings is 1. The third-order valence-electron chi connectivity index (χ3n) is 4.54. The Morgan fingerprint density at radius 3 is 3.00 bits per heavy atom. The highest BCUT2D eigenvalue weighted by Gasteiger charge is 2.26. The highest BCUT2D eigenvalue weighted by atomic mass is 19.1. The van der Waals surface area contributed by atoms with E-state index in [0.29, 0.717) is 17.7 Å². The summed E-state index contributed by atoms with van der Waals surface area (Å²) in [5.74, 6) is -0.134. The Morgan fingerprint density at radius 1 is 1.44 bits per heavy atom. The number of aromatic nitrogens is 2. The summed E-state index contributed by atoms with van der Waals surface area (Å²) in [5.41, 5.74) is 1.98. The summed E-state index contributed by atoms with van der Waals surface area (Å²) in [4.78, 5) is 14.7. The first kappa shape index (κ1) is 17.6. The fourth-order valence-corrected chi connectivity index (χ4v) is 3.17. The number of likely N-dealkylation sites (tertiary alicyclic amines) is 1. The number of hydrogen-bond donors (Lipinski definition) is 1. The molecule has 0 spiro atoms. The Labute approximate surface area is 147 Å². The Balaban J connectivity index is 1.72. The molecule has 1 atom stereocenters. The number of carbonyl (C=O) groups excluding carboxylic acids is 1. The normalized spacial score (nSPS) is 17.9. The first-order valence-corrected chi connectivity index (χ1v) is 8.73. The molecule has 0 saturated carbocycles. The number of H-pyrrole nitrogens is 1. The van der Waals surface area contributed by atoms with Gasteiger partial charge in [-0.15, -0.1) is 0 Å². The van der Waals surface area contributed by atoms with Crippen molar-refractivity contribution in [3.8, 4) is 0 Å². The average Bonchev–Trinajstić information content (AvgIpc) is 3.15. The molecule has 0 radical (unpaired) electrons. The number of benzene rings is 1. The van der Waals surface area contributed by atoms with Crippen molar-refractivity contribution < 1.29 is 13.9 Å². The number of aromatic amines is 1. The molecule has 2 heterocycles. The zero-order valence-corrected chi connectivity index (χ0v) is 14.7. The van der Waals surface area contributed by atoms with Crippen LogP contribution in [-0.4, -0.2) is 40.2 Å². The van der Waals surface area contributed by atoms with Crippen LogP contribution in [0.15, 0.2) is 30.5 Å². The molecule has 6 heteroatoms. The summed E-state index contributed by atoms with van der Waals surface area (Å²) in [6, 6.07) is 6.47. The standard InChI is InChI=1S/C19H24FN3O2/c1-13(2)25-12-16-10-14(5-6-17(16)20)19(24)23-9-3-4-15(11-23)18-7-8-21-22-18/h5-8,10,13,15H,3-4,9,11-12H2,1-2H3,(H,21,22). The van der Waals surface area contributed by atoms with Crippen molar-refractivity contribution in [3.05, 3.63) is 53.1 Å². The highest BCUT2D eigenvalue weighted by Crippen LogP contribution is 2.26. The third-order valence-corrected chi connectivity index (χ3v) is 4.54. The van der Waals surface area contributed by atoms with E-state index in [2.05, 4.69) is 10.2 Å². The number of carbonyl (C=O) groups is 1. The van der Waals surface area contributed by atoms with E-state index < -0.39 is 0 Å². The van der Waals surface area contributed by atoms with Crippen molar-refractivity contribution in [1.29, 1.82) is 0 Å². The summed E-state index contributed by atoms with van der Waals surface area (Å²) in [6.45, 7) is 5.34. The fourth-order valence-electron chi connectivity index (χ4n) is 3.17. The predicted molar refractivity (Wildman–Crippen MR) is 92.8 cm³/mol. The van der Waals surface area contributed by atoms with Crippen LogP contribution in [0.5, 0.6) is 0 Å². The van der Waals surface area contributed by atoms with E-state index in [4.69, 9.17) is 4.74 Å². The van der Waals surface area contributed by atoms with Gasteiger partial charge in [0.15, 0.2) is 0 Å². The van der Waals surface area contributed by atoms with Gasteiger partial charge in [-0.1, -0.05) is 0 Å². The molecule has 5 nitrogen and oxygen atoms in total. The lowest BCUT2D eigenvalue weighted by Crippen LogP contribution is -2.39. The minimum atomic E-state index is -0.341. The minimum Gasteiger partial charge on any atom is -0.374 e. The highest BCUT2D eigenvalue weighted by molar-refractivity contribution is 5.94. The summed E-state index contributed by atoms with van der Waals surface area (Å²) in [6.07, 6.45) is 3.72. The molecule has 1 unspecified atom stereocenters. The first-order valence-electron chi connectivity index (χ1n) is 8.73. The maximum absolute atomic E-state index is 14.0. The summed E-state index contributed by atoms with van der Waals surface area (Å²) in [7, 11) is 0. The van der Waals surface area contributed by atoms with E-state index in [1.165, 1.54) is 6.07 Å². The van der Waals surface area contributed by atoms with Gasteiger partial charge in [-0.2, -0.15) is 5.10 Å². The van der Waals surface area contributed by atoms with E-state index in [-0.39, 0.29) is 30.4 Å². The van der Waals surface area contributed by atoms with Crippen LogP contribution in [0.4, 0.5) is 4.39 Å². The maximum Gasteiger partial charge on any atom is 0.253 e. The van der Waals surface area contributed by atoms with Crippen molar-refractivity contribution in [1.82, 2.24) is 15.1 Å². The van der Waals surface area contributed by atoms with E-state index in [0.717, 1.165) is 25.1 Å². The largest absolute Gasteiger partial charge is 0.374 e. The number of amides is 1. The Morgan fingerprint density at radius 2 is 2.28 bits per heavy atom. The van der Waals surface area contributed by atoms with E-state index in [1.807, 2.05) is 24.8 Å². The van der Waals surface area contributed by atoms with Crippen LogP contribution in [0.1, 0.15) is 54.2 Å². The minimum absolute atomic E-state index is 0.0102. The van der Waals surface area contributed by atoms with E-state index >= 15 is 0 Å². The number of ether oxygens (including phenoxy) is 1. The van der Waals surface area contributed by atoms with Crippen LogP contribution < -0.4 is 0 Å². The lowest BCUT2D eigenvalue weighted by atomic mass is 9.94. The number of hydrogen-bond acceptors (Lipinski definition) is 3. The lowest BCUT2D eigenvalue weighted by molar-refractivity contribution is 0.0636. The van der Waals surface area contributed by atoms with Crippen molar-refractivity contribution in [2.45, 2.75) is 45.3 Å². The summed E-state index contributed by atoms with van der Waals surface area (Å²) in [5, 5.41) is 6.99. The van der Waals surface area contributed by atoms with Crippen molar-refractivity contribution in [2.24, 2.45) is 0 Å². The Bertz CT molecular complexity index is 715. The van der Waals surface area contributed by atoms with Gasteiger partial charge in [0.05, 0.1) is 12.7 Å². The number of rotatable bonds is 5. The Hall–Kier alpha value is -2.21. The van der Waals surface area contributed by atoms with Crippen molar-refractivity contribution >= 4 is 5.91 Å². The van der Waals surface area contributed by atoms with E-state index in [1.54, 1.807) is 18.3 Å². The second kappa shape index (κ2) is 7.78. The first-order chi connectivity index (χ1) is 12.0. The SMILES string of the molecule is CC(C)OCc1cc(C(=O)N2CCCC(c3ccn[nH]3)C2)ccc1F. The molecule has 134 valence electrons. The molecule has 1 aromatic carbocycles. The van der Waals surface area contributed by atoms with Gasteiger partial charge in [0.2, 0.25) is 0 Å². The molecule has 1 N–H and O–H groups in total. The monoisotopic (exact) mass is 345 g/mol. The fraction of sp³-hybridized carbons (Fsp3) is 0.474. The van der Waals surface area contributed by atoms with Crippen LogP contribution >= 0.6 is 0 Å². The van der Waals surface area contributed by atoms with Gasteiger partial charge in [-0.05, 0) is 51.0 Å². The zero-order valence-electron chi connectivity index (χ0n) is 14.7. The molecule has 25 heavy (non-hydrogen) atoms. The number of nitrogens with zero attached hydrogens (tertiary/aromatic N) is 2. The molecule has 0 bridgehead atoms. The number of nitrogens with one attached hydrogen (secondary N) is 1. The third kappa shape index (κ3) is 4.25. The molecular formula is C19H24FN3O2. The van der Waals surface area contributed by atoms with Crippen molar-refractivity contribution in [2.75, 3.05) is 13.1 Å². The second-order valence-electron chi connectivity index (χ2n) is 6.77. The van der Waals surface area contributed by atoms with Gasteiger partial charge in [0.25, 0.3) is 5.91 Å². The smallest absolute Gasteiger partial charge is 0.253 e. The molecule has 3 rings (SSSR count). The number of halogens is 1. The molecule has 1 saturated heterocycles. The van der Waals surface area contributed by atoms with Gasteiger partial charge in [0, 0.05) is 42.0 Å². The molecule has 1 aliphatic heterocycles. The van der Waals surface area contributed by atoms with Gasteiger partial charge < -0.3 is 9.64 Å². The molecule has 2 aromatic rings. The molecule has 0 aliphatic carbocycles. The second-order valence-corrected chi connectivity index (χ2v) is 6.77. The summed E-state index contributed by atoms with van der Waals surface area (Å²) >= 11 is 0. The topological polar surface area (TPSA) is 58.2 Å². The van der Waals surface area contributed by atoms with Crippen LogP contribution in [0.25, 0.3) is 0 Å². The van der Waals surface area contributed by atoms with Gasteiger partial charge in [-0.3, -0.25) is 9.89 Å². The molecular weight excluding hydrogens is 321 g/mol. The summed E-state index contributed by atoms with van der Waals surface area (Å²) < 4.78 is 19.4. The van der Waals surface area contributed by atoms with Crippen molar-refractivity contribution in [3.63, 3.8) is 0 Å². The van der Waals surface area contributed by atoms with Crippen LogP contribution in [0, 0.1) is 5.82 Å². The van der Waals surface area contributed by atoms with Crippen LogP contribution in [-0.2, 0) is 11.3 Å². The molecule has 1 amide bonds. The zero-order chi connectivity index (χ0) is 17.8. The lowest BCUT2D eigenvalue weighted by Gasteiger charge is -2.32. The molecule has 1 fully saturated rings. The van der Waals surface area contributed by atoms with Gasteiger partial charge in [-0.25, -0.2) is 4.39 Å². The van der Waals surface area contributed by atoms with Crippen LogP contribution in [0.2, 0.25) is 0 Å². The van der Waals surface area contributed by atoms with Gasteiger partial charge in [0.1, 0.15) is 5.82 Å². The van der Waals surface area contributed by atoms with Crippen LogP contribution in [0.3, 0.4) is 0 Å². The Kier molecular flexibility index (Phi) is 5.48.